The SMILES string of the molecule is N=C(C(=O)c1ccccc1)I1OC(=O)c2ccccc21. The van der Waals surface area contributed by atoms with Crippen molar-refractivity contribution in [1.82, 2.24) is 0 Å². The summed E-state index contributed by atoms with van der Waals surface area (Å²) in [6.45, 7) is 0. The van der Waals surface area contributed by atoms with Crippen LogP contribution in [-0.2, 0) is 3.07 Å². The van der Waals surface area contributed by atoms with Gasteiger partial charge in [0.1, 0.15) is 0 Å². The summed E-state index contributed by atoms with van der Waals surface area (Å²) in [7, 11) is 0. The third-order valence-corrected chi connectivity index (χ3v) is 7.14. The molecule has 0 aliphatic carbocycles. The van der Waals surface area contributed by atoms with E-state index in [2.05, 4.69) is 0 Å². The van der Waals surface area contributed by atoms with Gasteiger partial charge in [0.25, 0.3) is 0 Å². The van der Waals surface area contributed by atoms with E-state index in [0.717, 1.165) is 3.57 Å². The van der Waals surface area contributed by atoms with E-state index in [-0.39, 0.29) is 9.50 Å². The molecular formula is C15H10INO3. The molecule has 0 fully saturated rings. The van der Waals surface area contributed by atoms with Gasteiger partial charge in [-0.15, -0.1) is 0 Å². The van der Waals surface area contributed by atoms with Crippen LogP contribution >= 0.6 is 20.2 Å². The zero-order valence-corrected chi connectivity index (χ0v) is 12.5. The summed E-state index contributed by atoms with van der Waals surface area (Å²) in [5, 5.41) is 8.09. The van der Waals surface area contributed by atoms with Gasteiger partial charge in [0, 0.05) is 0 Å². The first kappa shape index (κ1) is 13.0. The fraction of sp³-hybridized carbons (Fsp3) is 0. The second-order valence-electron chi connectivity index (χ2n) is 4.10. The Bertz CT molecular complexity index is 712. The van der Waals surface area contributed by atoms with Gasteiger partial charge in [0.05, 0.1) is 0 Å². The van der Waals surface area contributed by atoms with Gasteiger partial charge < -0.3 is 0 Å². The molecule has 0 spiro atoms. The Balaban J connectivity index is 1.94. The summed E-state index contributed by atoms with van der Waals surface area (Å²) in [6, 6.07) is 15.6. The maximum atomic E-state index is 12.3. The van der Waals surface area contributed by atoms with E-state index in [4.69, 9.17) is 8.48 Å². The molecule has 1 aliphatic heterocycles. The van der Waals surface area contributed by atoms with Crippen molar-refractivity contribution in [2.24, 2.45) is 0 Å². The maximum absolute atomic E-state index is 12.3. The van der Waals surface area contributed by atoms with E-state index in [1.54, 1.807) is 48.5 Å². The number of carbonyl (C=O) groups is 2. The molecule has 1 N–H and O–H groups in total. The first-order chi connectivity index (χ1) is 9.68. The van der Waals surface area contributed by atoms with Crippen molar-refractivity contribution in [3.8, 4) is 0 Å². The molecule has 5 heteroatoms. The Labute approximate surface area is 123 Å². The zero-order valence-electron chi connectivity index (χ0n) is 10.3. The van der Waals surface area contributed by atoms with Gasteiger partial charge in [-0.2, -0.15) is 0 Å². The van der Waals surface area contributed by atoms with Crippen LogP contribution in [-0.4, -0.2) is 15.5 Å². The van der Waals surface area contributed by atoms with Crippen molar-refractivity contribution in [3.63, 3.8) is 0 Å². The first-order valence-electron chi connectivity index (χ1n) is 5.88. The molecule has 3 rings (SSSR count). The van der Waals surface area contributed by atoms with Gasteiger partial charge in [-0.25, -0.2) is 0 Å². The van der Waals surface area contributed by atoms with Crippen molar-refractivity contribution < 1.29 is 12.7 Å². The first-order valence-corrected chi connectivity index (χ1v) is 8.92. The molecule has 4 nitrogen and oxygen atoms in total. The number of nitrogens with one attached hydrogen (secondary N) is 1. The summed E-state index contributed by atoms with van der Waals surface area (Å²) in [6.07, 6.45) is 0. The van der Waals surface area contributed by atoms with Crippen LogP contribution in [0, 0.1) is 8.98 Å². The molecule has 0 bridgehead atoms. The quantitative estimate of drug-likeness (QED) is 0.506. The molecule has 0 saturated heterocycles. The topological polar surface area (TPSA) is 67.2 Å². The number of carbonyl (C=O) groups excluding carboxylic acids is 2. The van der Waals surface area contributed by atoms with Crippen molar-refractivity contribution in [1.29, 1.82) is 5.41 Å². The number of ketones is 1. The molecule has 1 aliphatic rings. The number of halogens is 1. The Hall–Kier alpha value is -2.02. The summed E-state index contributed by atoms with van der Waals surface area (Å²) < 4.78 is 5.97. The number of Topliss-reactive ketones (excluding diaryl/α,β-unsaturated/α-hetero) is 1. The molecule has 20 heavy (non-hydrogen) atoms. The molecule has 2 aromatic rings. The van der Waals surface area contributed by atoms with Gasteiger partial charge in [-0.05, 0) is 0 Å². The van der Waals surface area contributed by atoms with Crippen LogP contribution in [0.1, 0.15) is 20.7 Å². The van der Waals surface area contributed by atoms with Crippen LogP contribution in [0.4, 0.5) is 0 Å². The van der Waals surface area contributed by atoms with Gasteiger partial charge >= 0.3 is 123 Å². The normalized spacial score (nSPS) is 14.6. The van der Waals surface area contributed by atoms with E-state index in [9.17, 15) is 9.59 Å². The van der Waals surface area contributed by atoms with Crippen molar-refractivity contribution >= 4 is 35.7 Å². The molecule has 100 valence electrons. The minimum atomic E-state index is -2.67. The van der Waals surface area contributed by atoms with Gasteiger partial charge in [0.15, 0.2) is 0 Å². The average molecular weight is 379 g/mol. The van der Waals surface area contributed by atoms with Crippen LogP contribution in [0.5, 0.6) is 0 Å². The standard InChI is InChI=1S/C15H10INO3/c17-14(13(18)10-6-2-1-3-7-10)16-12-9-5-4-8-11(12)15(19)20-16/h1-9,17H. The summed E-state index contributed by atoms with van der Waals surface area (Å²) in [4.78, 5) is 24.0. The number of fused-ring (bicyclic) bond motifs is 1. The Kier molecular flexibility index (Phi) is 3.35. The molecule has 2 aromatic carbocycles. The van der Waals surface area contributed by atoms with Crippen LogP contribution in [0.3, 0.4) is 0 Å². The molecule has 0 atom stereocenters. The van der Waals surface area contributed by atoms with E-state index < -0.39 is 26.2 Å². The van der Waals surface area contributed by atoms with Gasteiger partial charge in [-0.1, -0.05) is 0 Å². The number of benzene rings is 2. The van der Waals surface area contributed by atoms with Crippen LogP contribution in [0.25, 0.3) is 0 Å². The molecular weight excluding hydrogens is 369 g/mol. The second kappa shape index (κ2) is 5.16. The fourth-order valence-electron chi connectivity index (χ4n) is 1.86. The Morgan fingerprint density at radius 3 is 2.40 bits per heavy atom. The van der Waals surface area contributed by atoms with Crippen LogP contribution in [0.2, 0.25) is 0 Å². The van der Waals surface area contributed by atoms with E-state index >= 15 is 0 Å². The molecule has 0 unspecified atom stereocenters. The van der Waals surface area contributed by atoms with Crippen molar-refractivity contribution in [2.45, 2.75) is 0 Å². The Morgan fingerprint density at radius 2 is 1.65 bits per heavy atom. The van der Waals surface area contributed by atoms with Crippen molar-refractivity contribution in [3.05, 3.63) is 69.3 Å². The average Bonchev–Trinajstić information content (AvgIpc) is 2.84. The molecule has 0 aromatic heterocycles. The van der Waals surface area contributed by atoms with Crippen molar-refractivity contribution in [2.75, 3.05) is 0 Å². The summed E-state index contributed by atoms with van der Waals surface area (Å²) in [5.41, 5.74) is 0.943. The monoisotopic (exact) mass is 379 g/mol. The predicted molar refractivity (Wildman–Crippen MR) is 83.1 cm³/mol. The zero-order chi connectivity index (χ0) is 14.1. The van der Waals surface area contributed by atoms with Gasteiger partial charge in [0.2, 0.25) is 0 Å². The second-order valence-corrected chi connectivity index (χ2v) is 8.20. The number of hydrogen-bond donors (Lipinski definition) is 1. The molecule has 0 saturated carbocycles. The van der Waals surface area contributed by atoms with Crippen LogP contribution in [0.15, 0.2) is 54.6 Å². The summed E-state index contributed by atoms with van der Waals surface area (Å²) >= 11 is -2.67. The Morgan fingerprint density at radius 1 is 1.00 bits per heavy atom. The number of rotatable bonds is 3. The third kappa shape index (κ3) is 2.14. The molecule has 0 radical (unpaired) electrons. The predicted octanol–water partition coefficient (Wildman–Crippen LogP) is 3.31. The van der Waals surface area contributed by atoms with E-state index in [0.29, 0.717) is 11.1 Å². The summed E-state index contributed by atoms with van der Waals surface area (Å²) in [5.74, 6) is -0.781. The third-order valence-electron chi connectivity index (χ3n) is 2.83. The van der Waals surface area contributed by atoms with Gasteiger partial charge in [-0.3, -0.25) is 0 Å². The minimum absolute atomic E-state index is 0.0706. The molecule has 0 amide bonds. The fourth-order valence-corrected chi connectivity index (χ4v) is 5.76. The van der Waals surface area contributed by atoms with Crippen LogP contribution < -0.4 is 0 Å². The van der Waals surface area contributed by atoms with E-state index in [1.165, 1.54) is 0 Å². The molecule has 1 heterocycles. The van der Waals surface area contributed by atoms with E-state index in [1.807, 2.05) is 6.07 Å². The number of hydrogen-bond acceptors (Lipinski definition) is 4.